The van der Waals surface area contributed by atoms with Crippen LogP contribution in [0, 0.1) is 31.1 Å². The number of hydrogen-bond acceptors (Lipinski definition) is 6. The molecule has 10 heteroatoms. The number of aromatic amines is 1. The Morgan fingerprint density at radius 2 is 2.00 bits per heavy atom. The fourth-order valence-electron chi connectivity index (χ4n) is 5.58. The molecule has 1 unspecified atom stereocenters. The van der Waals surface area contributed by atoms with Crippen LogP contribution in [0.4, 0.5) is 5.69 Å². The Morgan fingerprint density at radius 3 is 2.50 bits per heavy atom. The van der Waals surface area contributed by atoms with Crippen LogP contribution in [0.2, 0.25) is 0 Å². The van der Waals surface area contributed by atoms with E-state index in [1.807, 2.05) is 13.8 Å². The number of aryl methyl sites for hydroxylation is 3. The van der Waals surface area contributed by atoms with Gasteiger partial charge < -0.3 is 15.7 Å². The third kappa shape index (κ3) is 4.19. The standard InChI is InChI=1S/C26H33N7O3/c1-15-21(16(2)32-31-15)19-9-8-18(14-27-19)29-24(35)26(36,30-23(34)20-10-13-28-33(20)4)22(17-6-5-7-17)25(3)11-12-25/h8-10,13-14,17,22,36H,5-7,11-12H2,1-4H3,(H,29,35)(H,30,34)(H,31,32)/t22?,26-/m0/s1. The Morgan fingerprint density at radius 1 is 1.25 bits per heavy atom. The molecular weight excluding hydrogens is 458 g/mol. The largest absolute Gasteiger partial charge is 0.363 e. The second-order valence-corrected chi connectivity index (χ2v) is 10.6. The highest BCUT2D eigenvalue weighted by Gasteiger charge is 2.61. The zero-order valence-corrected chi connectivity index (χ0v) is 21.1. The molecule has 2 amide bonds. The van der Waals surface area contributed by atoms with Crippen molar-refractivity contribution in [2.24, 2.45) is 24.3 Å². The van der Waals surface area contributed by atoms with Gasteiger partial charge in [0.1, 0.15) is 5.69 Å². The van der Waals surface area contributed by atoms with Gasteiger partial charge in [-0.2, -0.15) is 10.2 Å². The average Bonchev–Trinajstić information content (AvgIpc) is 3.23. The molecule has 3 aromatic rings. The molecule has 2 saturated carbocycles. The van der Waals surface area contributed by atoms with Crippen LogP contribution >= 0.6 is 0 Å². The quantitative estimate of drug-likeness (QED) is 0.357. The van der Waals surface area contributed by atoms with Gasteiger partial charge in [0, 0.05) is 30.4 Å². The number of hydrogen-bond donors (Lipinski definition) is 4. The number of aromatic nitrogens is 5. The number of nitrogens with one attached hydrogen (secondary N) is 3. The highest BCUT2D eigenvalue weighted by Crippen LogP contribution is 2.60. The number of carbonyl (C=O) groups excluding carboxylic acids is 2. The SMILES string of the molecule is Cc1n[nH]c(C)c1-c1ccc(NC(=O)[C@](O)(NC(=O)c2ccnn2C)C(C2CCC2)C2(C)CC2)cn1. The Kier molecular flexibility index (Phi) is 5.94. The topological polar surface area (TPSA) is 138 Å². The van der Waals surface area contributed by atoms with Gasteiger partial charge >= 0.3 is 0 Å². The molecule has 3 heterocycles. The van der Waals surface area contributed by atoms with Crippen molar-refractivity contribution >= 4 is 17.5 Å². The van der Waals surface area contributed by atoms with Gasteiger partial charge in [-0.25, -0.2) is 0 Å². The van der Waals surface area contributed by atoms with Gasteiger partial charge in [-0.15, -0.1) is 0 Å². The van der Waals surface area contributed by atoms with Crippen LogP contribution in [0.5, 0.6) is 0 Å². The van der Waals surface area contributed by atoms with E-state index in [0.29, 0.717) is 5.69 Å². The van der Waals surface area contributed by atoms with E-state index in [2.05, 4.69) is 37.8 Å². The molecule has 2 aliphatic carbocycles. The number of nitrogens with zero attached hydrogens (tertiary/aromatic N) is 4. The van der Waals surface area contributed by atoms with E-state index >= 15 is 0 Å². The van der Waals surface area contributed by atoms with E-state index in [-0.39, 0.29) is 17.0 Å². The van der Waals surface area contributed by atoms with Gasteiger partial charge in [0.05, 0.1) is 23.3 Å². The first-order valence-electron chi connectivity index (χ1n) is 12.4. The molecule has 10 nitrogen and oxygen atoms in total. The zero-order chi connectivity index (χ0) is 25.7. The summed E-state index contributed by atoms with van der Waals surface area (Å²) in [6.07, 6.45) is 7.79. The molecule has 3 aromatic heterocycles. The summed E-state index contributed by atoms with van der Waals surface area (Å²) in [5.74, 6) is -1.44. The minimum absolute atomic E-state index is 0.160. The predicted molar refractivity (Wildman–Crippen MR) is 134 cm³/mol. The van der Waals surface area contributed by atoms with E-state index in [0.717, 1.165) is 54.7 Å². The molecule has 5 rings (SSSR count). The smallest absolute Gasteiger partial charge is 0.277 e. The Labute approximate surface area is 209 Å². The van der Waals surface area contributed by atoms with Crippen molar-refractivity contribution in [1.29, 1.82) is 0 Å². The average molecular weight is 492 g/mol. The van der Waals surface area contributed by atoms with Crippen molar-refractivity contribution in [3.8, 4) is 11.3 Å². The van der Waals surface area contributed by atoms with Crippen LogP contribution < -0.4 is 10.6 Å². The van der Waals surface area contributed by atoms with Gasteiger partial charge in [0.25, 0.3) is 11.8 Å². The second-order valence-electron chi connectivity index (χ2n) is 10.6. The minimum atomic E-state index is -2.09. The monoisotopic (exact) mass is 491 g/mol. The first-order valence-corrected chi connectivity index (χ1v) is 12.4. The van der Waals surface area contributed by atoms with E-state index in [4.69, 9.17) is 0 Å². The Bertz CT molecular complexity index is 1270. The normalized spacial score (nSPS) is 19.1. The maximum atomic E-state index is 13.8. The molecule has 0 radical (unpaired) electrons. The number of H-pyrrole nitrogens is 1. The van der Waals surface area contributed by atoms with Crippen molar-refractivity contribution in [2.45, 2.75) is 58.6 Å². The first kappa shape index (κ1) is 24.2. The summed E-state index contributed by atoms with van der Waals surface area (Å²) in [5, 5.41) is 28.8. The van der Waals surface area contributed by atoms with Crippen LogP contribution in [0.1, 0.15) is 60.9 Å². The number of aliphatic hydroxyl groups is 1. The van der Waals surface area contributed by atoms with E-state index in [1.165, 1.54) is 10.9 Å². The molecule has 36 heavy (non-hydrogen) atoms. The molecule has 190 valence electrons. The third-order valence-electron chi connectivity index (χ3n) is 7.97. The summed E-state index contributed by atoms with van der Waals surface area (Å²) in [6, 6.07) is 5.11. The van der Waals surface area contributed by atoms with Crippen LogP contribution in [0.15, 0.2) is 30.6 Å². The molecule has 0 aromatic carbocycles. The molecule has 0 bridgehead atoms. The minimum Gasteiger partial charge on any atom is -0.363 e. The van der Waals surface area contributed by atoms with Gasteiger partial charge in [0.15, 0.2) is 0 Å². The van der Waals surface area contributed by atoms with Crippen molar-refractivity contribution in [3.63, 3.8) is 0 Å². The molecular formula is C26H33N7O3. The summed E-state index contributed by atoms with van der Waals surface area (Å²) in [6.45, 7) is 5.92. The maximum Gasteiger partial charge on any atom is 0.277 e. The lowest BCUT2D eigenvalue weighted by atomic mass is 9.64. The van der Waals surface area contributed by atoms with Crippen LogP contribution in [0.3, 0.4) is 0 Å². The lowest BCUT2D eigenvalue weighted by Crippen LogP contribution is -2.65. The fourth-order valence-corrected chi connectivity index (χ4v) is 5.58. The maximum absolute atomic E-state index is 13.8. The second kappa shape index (κ2) is 8.85. The molecule has 4 N–H and O–H groups in total. The summed E-state index contributed by atoms with van der Waals surface area (Å²) in [7, 11) is 1.65. The molecule has 2 atom stereocenters. The molecule has 0 spiro atoms. The van der Waals surface area contributed by atoms with Gasteiger partial charge in [-0.05, 0) is 69.1 Å². The lowest BCUT2D eigenvalue weighted by Gasteiger charge is -2.46. The van der Waals surface area contributed by atoms with E-state index < -0.39 is 23.5 Å². The van der Waals surface area contributed by atoms with Gasteiger partial charge in [0.2, 0.25) is 5.72 Å². The molecule has 0 saturated heterocycles. The molecule has 2 aliphatic rings. The highest BCUT2D eigenvalue weighted by atomic mass is 16.3. The molecule has 2 fully saturated rings. The predicted octanol–water partition coefficient (Wildman–Crippen LogP) is 3.10. The van der Waals surface area contributed by atoms with Crippen molar-refractivity contribution in [2.75, 3.05) is 5.32 Å². The Balaban J connectivity index is 1.44. The Hall–Kier alpha value is -3.53. The van der Waals surface area contributed by atoms with Crippen LogP contribution in [-0.4, -0.2) is 47.6 Å². The summed E-state index contributed by atoms with van der Waals surface area (Å²) < 4.78 is 1.42. The summed E-state index contributed by atoms with van der Waals surface area (Å²) >= 11 is 0. The van der Waals surface area contributed by atoms with E-state index in [1.54, 1.807) is 31.4 Å². The van der Waals surface area contributed by atoms with Gasteiger partial charge in [-0.1, -0.05) is 13.3 Å². The zero-order valence-electron chi connectivity index (χ0n) is 21.1. The number of rotatable bonds is 8. The number of pyridine rings is 1. The third-order valence-corrected chi connectivity index (χ3v) is 7.97. The fraction of sp³-hybridized carbons (Fsp3) is 0.500. The first-order chi connectivity index (χ1) is 17.1. The van der Waals surface area contributed by atoms with Crippen molar-refractivity contribution in [3.05, 3.63) is 47.7 Å². The highest BCUT2D eigenvalue weighted by molar-refractivity contribution is 6.02. The van der Waals surface area contributed by atoms with Crippen molar-refractivity contribution in [1.82, 2.24) is 30.3 Å². The summed E-state index contributed by atoms with van der Waals surface area (Å²) in [4.78, 5) is 31.5. The van der Waals surface area contributed by atoms with E-state index in [9.17, 15) is 14.7 Å². The molecule has 0 aliphatic heterocycles. The lowest BCUT2D eigenvalue weighted by molar-refractivity contribution is -0.155. The summed E-state index contributed by atoms with van der Waals surface area (Å²) in [5.41, 5.74) is 1.79. The van der Waals surface area contributed by atoms with Crippen LogP contribution in [-0.2, 0) is 11.8 Å². The number of carbonyl (C=O) groups is 2. The number of anilines is 1. The van der Waals surface area contributed by atoms with Gasteiger partial charge in [-0.3, -0.25) is 24.4 Å². The van der Waals surface area contributed by atoms with Crippen molar-refractivity contribution < 1.29 is 14.7 Å². The van der Waals surface area contributed by atoms with Crippen LogP contribution in [0.25, 0.3) is 11.3 Å². The number of amides is 2.